The average molecular weight is 661 g/mol. The quantitative estimate of drug-likeness (QED) is 0.0553. The number of ether oxygens (including phenoxy) is 8. The molecule has 0 aromatic carbocycles. The monoisotopic (exact) mass is 660 g/mol. The fourth-order valence-electron chi connectivity index (χ4n) is 4.12. The van der Waals surface area contributed by atoms with Crippen LogP contribution in [0.4, 0.5) is 0 Å². The topological polar surface area (TPSA) is 166 Å². The Morgan fingerprint density at radius 3 is 1.43 bits per heavy atom. The molecule has 0 atom stereocenters. The van der Waals surface area contributed by atoms with Crippen molar-refractivity contribution in [3.05, 3.63) is 12.7 Å². The Morgan fingerprint density at radius 1 is 0.630 bits per heavy atom. The van der Waals surface area contributed by atoms with Crippen molar-refractivity contribution < 1.29 is 61.9 Å². The molecule has 15 nitrogen and oxygen atoms in total. The van der Waals surface area contributed by atoms with Gasteiger partial charge in [0.15, 0.2) is 0 Å². The van der Waals surface area contributed by atoms with Gasteiger partial charge in [-0.3, -0.25) is 24.1 Å². The highest BCUT2D eigenvalue weighted by Gasteiger charge is 2.33. The first kappa shape index (κ1) is 40.9. The maximum atomic E-state index is 12.3. The zero-order valence-corrected chi connectivity index (χ0v) is 27.6. The number of hydrogen-bond donors (Lipinski definition) is 0. The SMILES string of the molecule is C=CC(=O)OCCOCC(COCCOC(=O)CC)(COCCOC(=O)CC)COCCOC(=O)CCN1CCN(C(C)=O)CC1. The normalized spacial score (nSPS) is 13.6. The zero-order valence-electron chi connectivity index (χ0n) is 27.6. The molecule has 0 spiro atoms. The summed E-state index contributed by atoms with van der Waals surface area (Å²) in [6.45, 7) is 12.5. The van der Waals surface area contributed by atoms with Crippen molar-refractivity contribution in [2.75, 3.05) is 112 Å². The summed E-state index contributed by atoms with van der Waals surface area (Å²) >= 11 is 0. The van der Waals surface area contributed by atoms with Gasteiger partial charge < -0.3 is 42.8 Å². The van der Waals surface area contributed by atoms with E-state index in [-0.39, 0.29) is 122 Å². The van der Waals surface area contributed by atoms with Crippen LogP contribution in [0, 0.1) is 5.41 Å². The number of hydrogen-bond acceptors (Lipinski definition) is 14. The zero-order chi connectivity index (χ0) is 34.0. The second-order valence-corrected chi connectivity index (χ2v) is 10.5. The molecule has 0 bridgehead atoms. The van der Waals surface area contributed by atoms with Crippen molar-refractivity contribution in [1.29, 1.82) is 0 Å². The molecule has 0 aliphatic carbocycles. The molecule has 0 saturated carbocycles. The Morgan fingerprint density at radius 2 is 1.04 bits per heavy atom. The molecule has 0 aromatic heterocycles. The van der Waals surface area contributed by atoms with E-state index in [0.29, 0.717) is 32.7 Å². The average Bonchev–Trinajstić information content (AvgIpc) is 3.06. The van der Waals surface area contributed by atoms with Crippen LogP contribution in [0.15, 0.2) is 12.7 Å². The van der Waals surface area contributed by atoms with Gasteiger partial charge in [-0.25, -0.2) is 4.79 Å². The molecule has 264 valence electrons. The molecule has 46 heavy (non-hydrogen) atoms. The van der Waals surface area contributed by atoms with Gasteiger partial charge in [-0.15, -0.1) is 0 Å². The van der Waals surface area contributed by atoms with E-state index in [1.165, 1.54) is 0 Å². The molecule has 1 heterocycles. The molecule has 1 saturated heterocycles. The first-order chi connectivity index (χ1) is 22.1. The van der Waals surface area contributed by atoms with Crippen LogP contribution >= 0.6 is 0 Å². The van der Waals surface area contributed by atoms with Crippen molar-refractivity contribution in [2.24, 2.45) is 5.41 Å². The van der Waals surface area contributed by atoms with Crippen LogP contribution in [0.2, 0.25) is 0 Å². The van der Waals surface area contributed by atoms with E-state index < -0.39 is 11.4 Å². The van der Waals surface area contributed by atoms with Gasteiger partial charge in [0.2, 0.25) is 5.91 Å². The minimum Gasteiger partial charge on any atom is -0.463 e. The van der Waals surface area contributed by atoms with Crippen molar-refractivity contribution in [3.8, 4) is 0 Å². The molecule has 1 fully saturated rings. The maximum absolute atomic E-state index is 12.3. The lowest BCUT2D eigenvalue weighted by atomic mass is 9.92. The van der Waals surface area contributed by atoms with Gasteiger partial charge in [0, 0.05) is 58.6 Å². The number of esters is 4. The summed E-state index contributed by atoms with van der Waals surface area (Å²) in [5.41, 5.74) is -0.863. The second kappa shape index (κ2) is 25.0. The third-order valence-electron chi connectivity index (χ3n) is 6.77. The van der Waals surface area contributed by atoms with E-state index in [2.05, 4.69) is 11.5 Å². The lowest BCUT2D eigenvalue weighted by Gasteiger charge is -2.34. The molecule has 0 N–H and O–H groups in total. The lowest BCUT2D eigenvalue weighted by molar-refractivity contribution is -0.151. The van der Waals surface area contributed by atoms with E-state index in [1.54, 1.807) is 25.7 Å². The fraction of sp³-hybridized carbons (Fsp3) is 0.774. The molecule has 0 aromatic rings. The summed E-state index contributed by atoms with van der Waals surface area (Å²) in [5, 5.41) is 0. The third-order valence-corrected chi connectivity index (χ3v) is 6.77. The Kier molecular flexibility index (Phi) is 22.3. The van der Waals surface area contributed by atoms with Crippen LogP contribution in [-0.2, 0) is 61.9 Å². The van der Waals surface area contributed by atoms with Crippen LogP contribution < -0.4 is 0 Å². The summed E-state index contributed by atoms with van der Waals surface area (Å²) in [6, 6.07) is 0. The standard InChI is InChI=1S/C31H52N2O13/c1-5-27(35)43-18-14-39-22-31(23-40-15-19-44-28(36)6-2,24-41-16-20-45-29(37)7-3)25-42-17-21-46-30(38)8-9-32-10-12-33(13-11-32)26(4)34/h5H,1,6-25H2,2-4H3. The number of rotatable bonds is 26. The van der Waals surface area contributed by atoms with Crippen LogP contribution in [0.5, 0.6) is 0 Å². The molecular formula is C31H52N2O13. The van der Waals surface area contributed by atoms with Gasteiger partial charge in [-0.05, 0) is 0 Å². The van der Waals surface area contributed by atoms with Crippen molar-refractivity contribution in [3.63, 3.8) is 0 Å². The first-order valence-electron chi connectivity index (χ1n) is 15.7. The molecular weight excluding hydrogens is 608 g/mol. The van der Waals surface area contributed by atoms with Crippen molar-refractivity contribution in [2.45, 2.75) is 40.0 Å². The Hall–Kier alpha value is -3.11. The van der Waals surface area contributed by atoms with Gasteiger partial charge in [0.1, 0.15) is 26.4 Å². The molecule has 1 amide bonds. The first-order valence-corrected chi connectivity index (χ1v) is 15.7. The summed E-state index contributed by atoms with van der Waals surface area (Å²) in [6.07, 6.45) is 1.78. The number of amides is 1. The number of carbonyl (C=O) groups is 5. The molecule has 0 unspecified atom stereocenters. The lowest BCUT2D eigenvalue weighted by Crippen LogP contribution is -2.48. The smallest absolute Gasteiger partial charge is 0.330 e. The largest absolute Gasteiger partial charge is 0.463 e. The van der Waals surface area contributed by atoms with Crippen LogP contribution in [0.25, 0.3) is 0 Å². The Bertz CT molecular complexity index is 896. The summed E-state index contributed by atoms with van der Waals surface area (Å²) in [5.74, 6) is -1.55. The van der Waals surface area contributed by atoms with E-state index >= 15 is 0 Å². The third kappa shape index (κ3) is 19.4. The predicted molar refractivity (Wildman–Crippen MR) is 164 cm³/mol. The molecule has 1 aliphatic rings. The van der Waals surface area contributed by atoms with Crippen molar-refractivity contribution >= 4 is 29.8 Å². The number of nitrogens with zero attached hydrogens (tertiary/aromatic N) is 2. The van der Waals surface area contributed by atoms with Crippen LogP contribution in [-0.4, -0.2) is 152 Å². The van der Waals surface area contributed by atoms with Crippen molar-refractivity contribution in [1.82, 2.24) is 9.80 Å². The molecule has 1 aliphatic heterocycles. The Labute approximate surface area is 271 Å². The highest BCUT2D eigenvalue weighted by Crippen LogP contribution is 2.21. The fourth-order valence-corrected chi connectivity index (χ4v) is 4.12. The summed E-state index contributed by atoms with van der Waals surface area (Å²) in [4.78, 5) is 61.9. The van der Waals surface area contributed by atoms with Crippen LogP contribution in [0.3, 0.4) is 0 Å². The molecule has 1 rings (SSSR count). The Balaban J connectivity index is 2.65. The maximum Gasteiger partial charge on any atom is 0.330 e. The highest BCUT2D eigenvalue weighted by molar-refractivity contribution is 5.81. The van der Waals surface area contributed by atoms with Gasteiger partial charge in [0.05, 0.1) is 64.7 Å². The van der Waals surface area contributed by atoms with E-state index in [1.807, 2.05) is 0 Å². The predicted octanol–water partition coefficient (Wildman–Crippen LogP) is 0.772. The van der Waals surface area contributed by atoms with Crippen LogP contribution in [0.1, 0.15) is 40.0 Å². The van der Waals surface area contributed by atoms with Gasteiger partial charge in [-0.1, -0.05) is 20.4 Å². The number of piperazine rings is 1. The van der Waals surface area contributed by atoms with E-state index in [9.17, 15) is 24.0 Å². The second-order valence-electron chi connectivity index (χ2n) is 10.5. The van der Waals surface area contributed by atoms with E-state index in [4.69, 9.17) is 37.9 Å². The molecule has 0 radical (unpaired) electrons. The molecule has 15 heteroatoms. The van der Waals surface area contributed by atoms with E-state index in [0.717, 1.165) is 6.08 Å². The van der Waals surface area contributed by atoms with Gasteiger partial charge in [0.25, 0.3) is 0 Å². The minimum atomic E-state index is -0.863. The minimum absolute atomic E-state index is 0.00576. The number of carbonyl (C=O) groups excluding carboxylic acids is 5. The van der Waals surface area contributed by atoms with Gasteiger partial charge >= 0.3 is 23.9 Å². The van der Waals surface area contributed by atoms with Gasteiger partial charge in [-0.2, -0.15) is 0 Å². The highest BCUT2D eigenvalue weighted by atomic mass is 16.6. The summed E-state index contributed by atoms with van der Waals surface area (Å²) in [7, 11) is 0. The summed E-state index contributed by atoms with van der Waals surface area (Å²) < 4.78 is 43.8.